The summed E-state index contributed by atoms with van der Waals surface area (Å²) in [5.74, 6) is 0.103. The minimum absolute atomic E-state index is 0.103. The Morgan fingerprint density at radius 3 is 2.32 bits per heavy atom. The summed E-state index contributed by atoms with van der Waals surface area (Å²) in [4.78, 5) is 13.0. The smallest absolute Gasteiger partial charge is 0.176 e. The van der Waals surface area contributed by atoms with Crippen LogP contribution in [0.15, 0.2) is 54.4 Å². The van der Waals surface area contributed by atoms with Gasteiger partial charge in [-0.15, -0.1) is 11.3 Å². The summed E-state index contributed by atoms with van der Waals surface area (Å²) in [6, 6.07) is 7.41. The molecule has 19 heavy (non-hydrogen) atoms. The van der Waals surface area contributed by atoms with Crippen molar-refractivity contribution in [3.05, 3.63) is 59.3 Å². The molecule has 0 aliphatic heterocycles. The average molecular weight is 272 g/mol. The molecule has 0 radical (unpaired) electrons. The van der Waals surface area contributed by atoms with E-state index in [2.05, 4.69) is 10.2 Å². The fraction of sp³-hybridized carbons (Fsp3) is 0.154. The number of thiophene rings is 1. The summed E-state index contributed by atoms with van der Waals surface area (Å²) in [7, 11) is 0. The molecule has 0 spiro atoms. The molecule has 3 rings (SSSR count). The van der Waals surface area contributed by atoms with Gasteiger partial charge in [-0.25, -0.2) is 9.36 Å². The van der Waals surface area contributed by atoms with Crippen LogP contribution in [-0.4, -0.2) is 25.3 Å². The van der Waals surface area contributed by atoms with Crippen LogP contribution in [0.1, 0.15) is 22.3 Å². The Bertz CT molecular complexity index is 594. The van der Waals surface area contributed by atoms with Crippen LogP contribution in [-0.2, 0) is 0 Å². The Hall–Kier alpha value is -2.21. The predicted octanol–water partition coefficient (Wildman–Crippen LogP) is 2.46. The lowest BCUT2D eigenvalue weighted by molar-refractivity contribution is 0.0952. The maximum Gasteiger partial charge on any atom is 0.176 e. The van der Waals surface area contributed by atoms with Crippen LogP contribution in [0.3, 0.4) is 0 Å². The third-order valence-corrected chi connectivity index (χ3v) is 3.74. The number of nitrogens with zero attached hydrogens (tertiary/aromatic N) is 4. The van der Waals surface area contributed by atoms with Crippen molar-refractivity contribution in [2.24, 2.45) is 0 Å². The maximum atomic E-state index is 12.2. The van der Waals surface area contributed by atoms with E-state index in [0.29, 0.717) is 6.42 Å². The van der Waals surface area contributed by atoms with Gasteiger partial charge in [-0.1, -0.05) is 6.07 Å². The number of rotatable bonds is 5. The first-order valence-corrected chi connectivity index (χ1v) is 6.77. The number of carbonyl (C=O) groups is 1. The van der Waals surface area contributed by atoms with Gasteiger partial charge >= 0.3 is 0 Å². The van der Waals surface area contributed by atoms with Crippen molar-refractivity contribution >= 4 is 17.1 Å². The molecule has 0 amide bonds. The molecule has 0 atom stereocenters. The molecule has 3 aromatic heterocycles. The van der Waals surface area contributed by atoms with Gasteiger partial charge in [-0.2, -0.15) is 10.2 Å². The number of carbonyl (C=O) groups excluding carboxylic acids is 1. The Morgan fingerprint density at radius 2 is 1.84 bits per heavy atom. The van der Waals surface area contributed by atoms with Crippen LogP contribution in [0.4, 0.5) is 0 Å². The molecule has 0 aliphatic rings. The lowest BCUT2D eigenvalue weighted by Gasteiger charge is -2.17. The standard InChI is InChI=1S/C13H12N4OS/c18-11(12-4-1-9-19-12)10-13(16-7-2-5-14-16)17-8-3-6-15-17/h1-9,13H,10H2. The highest BCUT2D eigenvalue weighted by atomic mass is 32.1. The average Bonchev–Trinajstić information content (AvgIpc) is 3.17. The first-order chi connectivity index (χ1) is 9.34. The summed E-state index contributed by atoms with van der Waals surface area (Å²) in [6.07, 6.45) is 7.20. The molecule has 0 saturated heterocycles. The predicted molar refractivity (Wildman–Crippen MR) is 72.2 cm³/mol. The van der Waals surface area contributed by atoms with Gasteiger partial charge in [0.15, 0.2) is 11.9 Å². The van der Waals surface area contributed by atoms with Gasteiger partial charge in [-0.05, 0) is 23.6 Å². The van der Waals surface area contributed by atoms with Crippen molar-refractivity contribution in [1.29, 1.82) is 0 Å². The maximum absolute atomic E-state index is 12.2. The Balaban J connectivity index is 1.87. The second-order valence-corrected chi connectivity index (χ2v) is 5.01. The highest BCUT2D eigenvalue weighted by Crippen LogP contribution is 2.19. The van der Waals surface area contributed by atoms with Gasteiger partial charge in [0, 0.05) is 24.8 Å². The summed E-state index contributed by atoms with van der Waals surface area (Å²) >= 11 is 1.46. The fourth-order valence-corrected chi connectivity index (χ4v) is 2.60. The van der Waals surface area contributed by atoms with Crippen LogP contribution in [0, 0.1) is 0 Å². The third-order valence-electron chi connectivity index (χ3n) is 2.82. The van der Waals surface area contributed by atoms with Crippen molar-refractivity contribution in [1.82, 2.24) is 19.6 Å². The van der Waals surface area contributed by atoms with E-state index in [1.165, 1.54) is 11.3 Å². The highest BCUT2D eigenvalue weighted by molar-refractivity contribution is 7.12. The topological polar surface area (TPSA) is 52.7 Å². The molecule has 0 aliphatic carbocycles. The zero-order valence-corrected chi connectivity index (χ0v) is 10.9. The van der Waals surface area contributed by atoms with Crippen molar-refractivity contribution in [3.8, 4) is 0 Å². The zero-order chi connectivity index (χ0) is 13.1. The SMILES string of the molecule is O=C(CC(n1cccn1)n1cccn1)c1cccs1. The van der Waals surface area contributed by atoms with E-state index in [1.807, 2.05) is 42.0 Å². The molecule has 0 aromatic carbocycles. The first kappa shape index (κ1) is 11.9. The summed E-state index contributed by atoms with van der Waals surface area (Å²) in [6.45, 7) is 0. The molecule has 0 N–H and O–H groups in total. The number of aromatic nitrogens is 4. The van der Waals surface area contributed by atoms with Crippen molar-refractivity contribution in [3.63, 3.8) is 0 Å². The minimum atomic E-state index is -0.223. The molecule has 0 unspecified atom stereocenters. The molecule has 0 bridgehead atoms. The van der Waals surface area contributed by atoms with E-state index >= 15 is 0 Å². The lowest BCUT2D eigenvalue weighted by Crippen LogP contribution is -2.22. The van der Waals surface area contributed by atoms with Crippen LogP contribution < -0.4 is 0 Å². The summed E-state index contributed by atoms with van der Waals surface area (Å²) in [5, 5.41) is 10.3. The van der Waals surface area contributed by atoms with Gasteiger partial charge in [-0.3, -0.25) is 4.79 Å². The first-order valence-electron chi connectivity index (χ1n) is 5.89. The molecule has 0 saturated carbocycles. The van der Waals surface area contributed by atoms with Gasteiger partial charge in [0.2, 0.25) is 0 Å². The molecular weight excluding hydrogens is 260 g/mol. The normalized spacial score (nSPS) is 11.0. The van der Waals surface area contributed by atoms with Crippen molar-refractivity contribution < 1.29 is 4.79 Å². The Morgan fingerprint density at radius 1 is 1.16 bits per heavy atom. The van der Waals surface area contributed by atoms with E-state index in [1.54, 1.807) is 21.8 Å². The summed E-state index contributed by atoms with van der Waals surface area (Å²) in [5.41, 5.74) is 0. The fourth-order valence-electron chi connectivity index (χ4n) is 1.93. The quantitative estimate of drug-likeness (QED) is 0.670. The van der Waals surface area contributed by atoms with E-state index in [9.17, 15) is 4.79 Å². The van der Waals surface area contributed by atoms with Gasteiger partial charge in [0.05, 0.1) is 11.3 Å². The molecule has 96 valence electrons. The van der Waals surface area contributed by atoms with E-state index in [-0.39, 0.29) is 11.9 Å². The second-order valence-electron chi connectivity index (χ2n) is 4.06. The van der Waals surface area contributed by atoms with E-state index in [4.69, 9.17) is 0 Å². The largest absolute Gasteiger partial charge is 0.293 e. The van der Waals surface area contributed by atoms with Crippen LogP contribution in [0.2, 0.25) is 0 Å². The molecule has 6 heteroatoms. The second kappa shape index (κ2) is 5.19. The monoisotopic (exact) mass is 272 g/mol. The minimum Gasteiger partial charge on any atom is -0.293 e. The number of hydrogen-bond acceptors (Lipinski definition) is 4. The van der Waals surface area contributed by atoms with E-state index < -0.39 is 0 Å². The molecule has 3 aromatic rings. The Labute approximate surface area is 114 Å². The number of ketones is 1. The van der Waals surface area contributed by atoms with Crippen molar-refractivity contribution in [2.45, 2.75) is 12.6 Å². The van der Waals surface area contributed by atoms with Crippen LogP contribution >= 0.6 is 11.3 Å². The van der Waals surface area contributed by atoms with Crippen molar-refractivity contribution in [2.75, 3.05) is 0 Å². The molecular formula is C13H12N4OS. The van der Waals surface area contributed by atoms with Gasteiger partial charge in [0.1, 0.15) is 0 Å². The third kappa shape index (κ3) is 2.48. The molecule has 5 nitrogen and oxygen atoms in total. The number of hydrogen-bond donors (Lipinski definition) is 0. The van der Waals surface area contributed by atoms with Gasteiger partial charge < -0.3 is 0 Å². The van der Waals surface area contributed by atoms with Crippen LogP contribution in [0.25, 0.3) is 0 Å². The molecule has 3 heterocycles. The van der Waals surface area contributed by atoms with Crippen LogP contribution in [0.5, 0.6) is 0 Å². The zero-order valence-electron chi connectivity index (χ0n) is 10.1. The molecule has 0 fully saturated rings. The lowest BCUT2D eigenvalue weighted by atomic mass is 10.2. The Kier molecular flexibility index (Phi) is 3.24. The summed E-state index contributed by atoms with van der Waals surface area (Å²) < 4.78 is 3.50. The van der Waals surface area contributed by atoms with Gasteiger partial charge in [0.25, 0.3) is 0 Å². The number of Topliss-reactive ketones (excluding diaryl/α,β-unsaturated/α-hetero) is 1. The highest BCUT2D eigenvalue weighted by Gasteiger charge is 2.19. The van der Waals surface area contributed by atoms with E-state index in [0.717, 1.165) is 4.88 Å².